The second-order valence-corrected chi connectivity index (χ2v) is 10.1. The molecular formula is C26H26FNO6S. The van der Waals surface area contributed by atoms with Crippen molar-refractivity contribution in [3.63, 3.8) is 0 Å². The monoisotopic (exact) mass is 499 g/mol. The molecule has 0 radical (unpaired) electrons. The molecule has 0 aromatic heterocycles. The average molecular weight is 500 g/mol. The molecule has 5 rings (SSSR count). The molecule has 7 nitrogen and oxygen atoms in total. The molecule has 2 aliphatic heterocycles. The standard InChI is InChI=1S/C26H26FNO6S/c1-31-23-8-7-16-11-22-20-14-25(33-3)24(32-2)12-17(20)9-10-28(22)15-21(16)26(23)34-35(29,30)19-6-4-5-18(27)13-19/h4-8,12-14,22H,9-11,15H2,1-3H3/t22-/m0/s1. The third-order valence-electron chi connectivity index (χ3n) is 6.71. The van der Waals surface area contributed by atoms with E-state index < -0.39 is 15.9 Å². The summed E-state index contributed by atoms with van der Waals surface area (Å²) in [6, 6.07) is 12.6. The molecule has 0 bridgehead atoms. The lowest BCUT2D eigenvalue weighted by molar-refractivity contribution is 0.158. The fraction of sp³-hybridized carbons (Fsp3) is 0.308. The normalized spacial score (nSPS) is 17.1. The van der Waals surface area contributed by atoms with Crippen LogP contribution < -0.4 is 18.4 Å². The molecule has 0 fully saturated rings. The van der Waals surface area contributed by atoms with E-state index in [0.29, 0.717) is 30.2 Å². The zero-order valence-corrected chi connectivity index (χ0v) is 20.5. The summed E-state index contributed by atoms with van der Waals surface area (Å²) in [7, 11) is 0.448. The van der Waals surface area contributed by atoms with Crippen LogP contribution in [0.2, 0.25) is 0 Å². The fourth-order valence-electron chi connectivity index (χ4n) is 4.96. The lowest BCUT2D eigenvalue weighted by Gasteiger charge is -2.42. The van der Waals surface area contributed by atoms with Gasteiger partial charge in [-0.3, -0.25) is 4.90 Å². The maximum Gasteiger partial charge on any atom is 0.339 e. The van der Waals surface area contributed by atoms with Crippen molar-refractivity contribution in [3.8, 4) is 23.0 Å². The van der Waals surface area contributed by atoms with Gasteiger partial charge in [0.05, 0.1) is 21.3 Å². The summed E-state index contributed by atoms with van der Waals surface area (Å²) in [4.78, 5) is 2.05. The summed E-state index contributed by atoms with van der Waals surface area (Å²) < 4.78 is 61.8. The Bertz CT molecular complexity index is 1390. The quantitative estimate of drug-likeness (QED) is 0.469. The summed E-state index contributed by atoms with van der Waals surface area (Å²) in [5.74, 6) is 1.19. The van der Waals surface area contributed by atoms with Crippen molar-refractivity contribution in [2.75, 3.05) is 27.9 Å². The van der Waals surface area contributed by atoms with Crippen LogP contribution in [0.5, 0.6) is 23.0 Å². The van der Waals surface area contributed by atoms with Crippen molar-refractivity contribution in [2.45, 2.75) is 30.3 Å². The van der Waals surface area contributed by atoms with Gasteiger partial charge in [0.2, 0.25) is 0 Å². The zero-order valence-electron chi connectivity index (χ0n) is 19.7. The van der Waals surface area contributed by atoms with Gasteiger partial charge in [-0.2, -0.15) is 8.42 Å². The van der Waals surface area contributed by atoms with Gasteiger partial charge in [-0.05, 0) is 65.9 Å². The average Bonchev–Trinajstić information content (AvgIpc) is 2.86. The second kappa shape index (κ2) is 9.05. The number of ether oxygens (including phenoxy) is 3. The molecule has 3 aromatic carbocycles. The number of nitrogens with zero attached hydrogens (tertiary/aromatic N) is 1. The van der Waals surface area contributed by atoms with Crippen molar-refractivity contribution in [3.05, 3.63) is 76.6 Å². The van der Waals surface area contributed by atoms with Gasteiger partial charge < -0.3 is 18.4 Å². The van der Waals surface area contributed by atoms with Gasteiger partial charge in [0.15, 0.2) is 23.0 Å². The molecule has 35 heavy (non-hydrogen) atoms. The minimum Gasteiger partial charge on any atom is -0.493 e. The van der Waals surface area contributed by atoms with Crippen molar-refractivity contribution in [1.29, 1.82) is 0 Å². The highest BCUT2D eigenvalue weighted by Gasteiger charge is 2.36. The maximum atomic E-state index is 13.7. The Labute approximate surface area is 204 Å². The third-order valence-corrected chi connectivity index (χ3v) is 7.92. The SMILES string of the molecule is COc1cc2c(cc1OC)[C@@H]1Cc3ccc(OC)c(OS(=O)(=O)c4cccc(F)c4)c3CN1CC2. The fourth-order valence-corrected chi connectivity index (χ4v) is 5.96. The number of rotatable bonds is 6. The summed E-state index contributed by atoms with van der Waals surface area (Å²) in [5, 5.41) is 0. The van der Waals surface area contributed by atoms with Crippen LogP contribution in [0.3, 0.4) is 0 Å². The van der Waals surface area contributed by atoms with Crippen LogP contribution in [0.15, 0.2) is 53.4 Å². The van der Waals surface area contributed by atoms with E-state index in [1.54, 1.807) is 20.3 Å². The van der Waals surface area contributed by atoms with Crippen molar-refractivity contribution < 1.29 is 31.2 Å². The largest absolute Gasteiger partial charge is 0.493 e. The van der Waals surface area contributed by atoms with Gasteiger partial charge >= 0.3 is 10.1 Å². The smallest absolute Gasteiger partial charge is 0.339 e. The highest BCUT2D eigenvalue weighted by atomic mass is 32.2. The predicted molar refractivity (Wildman–Crippen MR) is 127 cm³/mol. The molecule has 0 saturated carbocycles. The third kappa shape index (κ3) is 4.19. The molecule has 0 spiro atoms. The number of fused-ring (bicyclic) bond motifs is 4. The molecule has 3 aromatic rings. The Morgan fingerprint density at radius 3 is 2.37 bits per heavy atom. The van der Waals surface area contributed by atoms with Crippen LogP contribution in [0.4, 0.5) is 4.39 Å². The first-order chi connectivity index (χ1) is 16.8. The molecule has 2 heterocycles. The predicted octanol–water partition coefficient (Wildman–Crippen LogP) is 4.27. The topological polar surface area (TPSA) is 74.3 Å². The number of benzene rings is 3. The molecule has 0 aliphatic carbocycles. The van der Waals surface area contributed by atoms with E-state index >= 15 is 0 Å². The second-order valence-electron chi connectivity index (χ2n) is 8.58. The molecular weight excluding hydrogens is 473 g/mol. The lowest BCUT2D eigenvalue weighted by Crippen LogP contribution is -2.39. The Morgan fingerprint density at radius 2 is 1.66 bits per heavy atom. The zero-order chi connectivity index (χ0) is 24.7. The molecule has 184 valence electrons. The lowest BCUT2D eigenvalue weighted by atomic mass is 9.83. The molecule has 1 atom stereocenters. The van der Waals surface area contributed by atoms with Gasteiger partial charge in [0.25, 0.3) is 0 Å². The highest BCUT2D eigenvalue weighted by molar-refractivity contribution is 7.87. The van der Waals surface area contributed by atoms with Gasteiger partial charge in [0, 0.05) is 24.7 Å². The maximum absolute atomic E-state index is 13.7. The van der Waals surface area contributed by atoms with Gasteiger partial charge in [-0.25, -0.2) is 4.39 Å². The molecule has 0 N–H and O–H groups in total. The first kappa shape index (κ1) is 23.4. The highest BCUT2D eigenvalue weighted by Crippen LogP contribution is 2.46. The number of hydrogen-bond donors (Lipinski definition) is 0. The van der Waals surface area contributed by atoms with Crippen LogP contribution in [0, 0.1) is 5.82 Å². The van der Waals surface area contributed by atoms with Crippen molar-refractivity contribution >= 4 is 10.1 Å². The Balaban J connectivity index is 1.54. The van der Waals surface area contributed by atoms with Crippen LogP contribution >= 0.6 is 0 Å². The Morgan fingerprint density at radius 1 is 0.914 bits per heavy atom. The molecule has 0 unspecified atom stereocenters. The van der Waals surface area contributed by atoms with E-state index in [1.165, 1.54) is 36.4 Å². The van der Waals surface area contributed by atoms with E-state index in [4.69, 9.17) is 18.4 Å². The van der Waals surface area contributed by atoms with Gasteiger partial charge in [0.1, 0.15) is 10.7 Å². The number of hydrogen-bond acceptors (Lipinski definition) is 7. The minimum atomic E-state index is -4.27. The Kier molecular flexibility index (Phi) is 6.06. The number of methoxy groups -OCH3 is 3. The van der Waals surface area contributed by atoms with Crippen molar-refractivity contribution in [1.82, 2.24) is 4.90 Å². The van der Waals surface area contributed by atoms with Gasteiger partial charge in [-0.15, -0.1) is 0 Å². The molecule has 0 amide bonds. The first-order valence-corrected chi connectivity index (χ1v) is 12.6. The first-order valence-electron chi connectivity index (χ1n) is 11.2. The molecule has 0 saturated heterocycles. The van der Waals surface area contributed by atoms with Crippen molar-refractivity contribution in [2.24, 2.45) is 0 Å². The molecule has 9 heteroatoms. The minimum absolute atomic E-state index is 0.104. The Hall–Kier alpha value is -3.30. The van der Waals surface area contributed by atoms with Gasteiger partial charge in [-0.1, -0.05) is 12.1 Å². The van der Waals surface area contributed by atoms with E-state index in [0.717, 1.165) is 30.2 Å². The van der Waals surface area contributed by atoms with E-state index in [9.17, 15) is 12.8 Å². The van der Waals surface area contributed by atoms with E-state index in [2.05, 4.69) is 4.90 Å². The van der Waals surface area contributed by atoms with E-state index in [-0.39, 0.29) is 16.7 Å². The summed E-state index contributed by atoms with van der Waals surface area (Å²) in [6.45, 7) is 1.28. The summed E-state index contributed by atoms with van der Waals surface area (Å²) in [6.07, 6.45) is 1.49. The number of halogens is 1. The van der Waals surface area contributed by atoms with Crippen LogP contribution in [-0.4, -0.2) is 41.2 Å². The van der Waals surface area contributed by atoms with Crippen LogP contribution in [-0.2, 0) is 29.5 Å². The van der Waals surface area contributed by atoms with E-state index in [1.807, 2.05) is 18.2 Å². The van der Waals surface area contributed by atoms with Crippen LogP contribution in [0.1, 0.15) is 28.3 Å². The summed E-state index contributed by atoms with van der Waals surface area (Å²) >= 11 is 0. The van der Waals surface area contributed by atoms with Crippen LogP contribution in [0.25, 0.3) is 0 Å². The summed E-state index contributed by atoms with van der Waals surface area (Å²) in [5.41, 5.74) is 4.11. The molecule has 2 aliphatic rings.